The lowest BCUT2D eigenvalue weighted by molar-refractivity contribution is 0.0595. The number of hydrogen-bond acceptors (Lipinski definition) is 3. The number of ether oxygens (including phenoxy) is 2. The van der Waals surface area contributed by atoms with E-state index in [0.717, 1.165) is 36.9 Å². The molecule has 3 rings (SSSR count). The maximum atomic E-state index is 5.85. The number of para-hydroxylation sites is 1. The van der Waals surface area contributed by atoms with Gasteiger partial charge in [-0.2, -0.15) is 0 Å². The number of nitrogens with one attached hydrogen (secondary N) is 1. The van der Waals surface area contributed by atoms with Crippen molar-refractivity contribution in [3.8, 4) is 11.5 Å². The molecule has 0 saturated carbocycles. The van der Waals surface area contributed by atoms with Crippen molar-refractivity contribution >= 4 is 5.69 Å². The molecule has 1 unspecified atom stereocenters. The molecule has 0 bridgehead atoms. The van der Waals surface area contributed by atoms with Crippen LogP contribution >= 0.6 is 0 Å². The van der Waals surface area contributed by atoms with E-state index in [1.807, 2.05) is 48.5 Å². The van der Waals surface area contributed by atoms with Crippen molar-refractivity contribution in [1.82, 2.24) is 0 Å². The molecule has 1 saturated heterocycles. The average Bonchev–Trinajstić information content (AvgIpc) is 2.55. The molecule has 0 aliphatic carbocycles. The van der Waals surface area contributed by atoms with Crippen molar-refractivity contribution in [1.29, 1.82) is 0 Å². The summed E-state index contributed by atoms with van der Waals surface area (Å²) in [6.07, 6.45) is 2.41. The first-order chi connectivity index (χ1) is 10.4. The molecule has 3 heteroatoms. The van der Waals surface area contributed by atoms with Gasteiger partial charge in [0, 0.05) is 24.9 Å². The second-order valence-electron chi connectivity index (χ2n) is 5.41. The molecule has 3 nitrogen and oxygen atoms in total. The molecule has 110 valence electrons. The first-order valence-electron chi connectivity index (χ1n) is 7.55. The summed E-state index contributed by atoms with van der Waals surface area (Å²) in [4.78, 5) is 0. The Morgan fingerprint density at radius 3 is 2.71 bits per heavy atom. The fraction of sp³-hybridized carbons (Fsp3) is 0.333. The predicted molar refractivity (Wildman–Crippen MR) is 85.0 cm³/mol. The van der Waals surface area contributed by atoms with E-state index in [9.17, 15) is 0 Å². The summed E-state index contributed by atoms with van der Waals surface area (Å²) in [5.41, 5.74) is 1.09. The highest BCUT2D eigenvalue weighted by molar-refractivity contribution is 5.49. The molecule has 2 aromatic rings. The first kappa shape index (κ1) is 14.0. The minimum atomic E-state index is 0.609. The third kappa shape index (κ3) is 4.23. The number of anilines is 1. The molecule has 0 spiro atoms. The zero-order chi connectivity index (χ0) is 14.3. The molecule has 2 aromatic carbocycles. The Morgan fingerprint density at radius 2 is 1.90 bits per heavy atom. The van der Waals surface area contributed by atoms with Gasteiger partial charge >= 0.3 is 0 Å². The van der Waals surface area contributed by atoms with Crippen molar-refractivity contribution in [2.45, 2.75) is 12.8 Å². The first-order valence-corrected chi connectivity index (χ1v) is 7.55. The summed E-state index contributed by atoms with van der Waals surface area (Å²) in [5.74, 6) is 2.32. The van der Waals surface area contributed by atoms with E-state index >= 15 is 0 Å². The van der Waals surface area contributed by atoms with Crippen LogP contribution in [0.5, 0.6) is 11.5 Å². The summed E-state index contributed by atoms with van der Waals surface area (Å²) in [6.45, 7) is 2.74. The summed E-state index contributed by atoms with van der Waals surface area (Å²) in [6, 6.07) is 17.9. The number of rotatable bonds is 5. The van der Waals surface area contributed by atoms with E-state index < -0.39 is 0 Å². The molecule has 1 heterocycles. The fourth-order valence-corrected chi connectivity index (χ4v) is 2.52. The summed E-state index contributed by atoms with van der Waals surface area (Å²) >= 11 is 0. The standard InChI is InChI=1S/C18H21NO2/c1-2-8-17(9-3-1)21-18-10-4-7-16(12-18)19-13-15-6-5-11-20-14-15/h1-4,7-10,12,15,19H,5-6,11,13-14H2. The minimum Gasteiger partial charge on any atom is -0.457 e. The molecule has 1 aliphatic heterocycles. The lowest BCUT2D eigenvalue weighted by Gasteiger charge is -2.22. The predicted octanol–water partition coefficient (Wildman–Crippen LogP) is 4.32. The van der Waals surface area contributed by atoms with Gasteiger partial charge in [-0.1, -0.05) is 24.3 Å². The van der Waals surface area contributed by atoms with Gasteiger partial charge in [-0.15, -0.1) is 0 Å². The normalized spacial score (nSPS) is 18.2. The lowest BCUT2D eigenvalue weighted by atomic mass is 10.0. The van der Waals surface area contributed by atoms with E-state index in [1.165, 1.54) is 12.8 Å². The van der Waals surface area contributed by atoms with E-state index in [-0.39, 0.29) is 0 Å². The van der Waals surface area contributed by atoms with Crippen molar-refractivity contribution in [3.05, 3.63) is 54.6 Å². The maximum absolute atomic E-state index is 5.85. The largest absolute Gasteiger partial charge is 0.457 e. The smallest absolute Gasteiger partial charge is 0.129 e. The zero-order valence-electron chi connectivity index (χ0n) is 12.1. The molecule has 0 aromatic heterocycles. The summed E-state index contributed by atoms with van der Waals surface area (Å²) in [5, 5.41) is 3.48. The van der Waals surface area contributed by atoms with Crippen molar-refractivity contribution in [2.24, 2.45) is 5.92 Å². The number of benzene rings is 2. The van der Waals surface area contributed by atoms with Crippen LogP contribution in [0.25, 0.3) is 0 Å². The second kappa shape index (κ2) is 7.14. The van der Waals surface area contributed by atoms with E-state index in [2.05, 4.69) is 11.4 Å². The maximum Gasteiger partial charge on any atom is 0.129 e. The van der Waals surface area contributed by atoms with Gasteiger partial charge in [0.2, 0.25) is 0 Å². The van der Waals surface area contributed by atoms with Crippen LogP contribution in [0, 0.1) is 5.92 Å². The van der Waals surface area contributed by atoms with Crippen LogP contribution < -0.4 is 10.1 Å². The lowest BCUT2D eigenvalue weighted by Crippen LogP contribution is -2.24. The van der Waals surface area contributed by atoms with Crippen LogP contribution in [-0.4, -0.2) is 19.8 Å². The third-order valence-corrected chi connectivity index (χ3v) is 3.66. The highest BCUT2D eigenvalue weighted by atomic mass is 16.5. The molecule has 1 fully saturated rings. The molecular weight excluding hydrogens is 262 g/mol. The van der Waals surface area contributed by atoms with E-state index in [0.29, 0.717) is 5.92 Å². The van der Waals surface area contributed by atoms with Gasteiger partial charge < -0.3 is 14.8 Å². The Labute approximate surface area is 125 Å². The second-order valence-corrected chi connectivity index (χ2v) is 5.41. The van der Waals surface area contributed by atoms with Gasteiger partial charge in [0.05, 0.1) is 6.61 Å². The highest BCUT2D eigenvalue weighted by Gasteiger charge is 2.13. The minimum absolute atomic E-state index is 0.609. The number of hydrogen-bond donors (Lipinski definition) is 1. The Bertz CT molecular complexity index is 550. The molecular formula is C18H21NO2. The molecule has 21 heavy (non-hydrogen) atoms. The average molecular weight is 283 g/mol. The fourth-order valence-electron chi connectivity index (χ4n) is 2.52. The van der Waals surface area contributed by atoms with Crippen LogP contribution in [0.4, 0.5) is 5.69 Å². The van der Waals surface area contributed by atoms with Gasteiger partial charge in [-0.05, 0) is 43.0 Å². The quantitative estimate of drug-likeness (QED) is 0.886. The van der Waals surface area contributed by atoms with Crippen LogP contribution in [0.15, 0.2) is 54.6 Å². The monoisotopic (exact) mass is 283 g/mol. The zero-order valence-corrected chi connectivity index (χ0v) is 12.1. The van der Waals surface area contributed by atoms with Crippen LogP contribution in [0.3, 0.4) is 0 Å². The third-order valence-electron chi connectivity index (χ3n) is 3.66. The van der Waals surface area contributed by atoms with Gasteiger partial charge in [-0.25, -0.2) is 0 Å². The molecule has 1 N–H and O–H groups in total. The summed E-state index contributed by atoms with van der Waals surface area (Å²) in [7, 11) is 0. The van der Waals surface area contributed by atoms with Gasteiger partial charge in [0.15, 0.2) is 0 Å². The Balaban J connectivity index is 1.57. The highest BCUT2D eigenvalue weighted by Crippen LogP contribution is 2.24. The van der Waals surface area contributed by atoms with Crippen molar-refractivity contribution in [3.63, 3.8) is 0 Å². The van der Waals surface area contributed by atoms with Gasteiger partial charge in [-0.3, -0.25) is 0 Å². The Kier molecular flexibility index (Phi) is 4.74. The van der Waals surface area contributed by atoms with Crippen LogP contribution in [0.1, 0.15) is 12.8 Å². The van der Waals surface area contributed by atoms with Gasteiger partial charge in [0.1, 0.15) is 11.5 Å². The van der Waals surface area contributed by atoms with Crippen molar-refractivity contribution < 1.29 is 9.47 Å². The molecule has 1 aliphatic rings. The molecule has 1 atom stereocenters. The van der Waals surface area contributed by atoms with Crippen molar-refractivity contribution in [2.75, 3.05) is 25.1 Å². The Hall–Kier alpha value is -2.00. The molecule has 0 radical (unpaired) electrons. The Morgan fingerprint density at radius 1 is 1.05 bits per heavy atom. The van der Waals surface area contributed by atoms with Crippen LogP contribution in [0.2, 0.25) is 0 Å². The van der Waals surface area contributed by atoms with Crippen LogP contribution in [-0.2, 0) is 4.74 Å². The van der Waals surface area contributed by atoms with Gasteiger partial charge in [0.25, 0.3) is 0 Å². The molecule has 0 amide bonds. The topological polar surface area (TPSA) is 30.5 Å². The van der Waals surface area contributed by atoms with E-state index in [4.69, 9.17) is 9.47 Å². The SMILES string of the molecule is c1ccc(Oc2cccc(NCC3CCCOC3)c2)cc1. The summed E-state index contributed by atoms with van der Waals surface area (Å²) < 4.78 is 11.4. The van der Waals surface area contributed by atoms with E-state index in [1.54, 1.807) is 0 Å².